The Labute approximate surface area is 124 Å². The predicted octanol–water partition coefficient (Wildman–Crippen LogP) is 4.03. The third-order valence-electron chi connectivity index (χ3n) is 2.66. The van der Waals surface area contributed by atoms with E-state index >= 15 is 0 Å². The molecule has 0 saturated heterocycles. The van der Waals surface area contributed by atoms with Crippen molar-refractivity contribution in [3.63, 3.8) is 0 Å². The second-order valence-corrected chi connectivity index (χ2v) is 6.42. The van der Waals surface area contributed by atoms with Crippen molar-refractivity contribution in [3.05, 3.63) is 44.1 Å². The van der Waals surface area contributed by atoms with Gasteiger partial charge in [-0.1, -0.05) is 6.07 Å². The molecule has 5 heteroatoms. The van der Waals surface area contributed by atoms with Gasteiger partial charge in [-0.15, -0.1) is 11.3 Å². The van der Waals surface area contributed by atoms with Crippen LogP contribution >= 0.6 is 27.3 Å². The Morgan fingerprint density at radius 2 is 2.21 bits per heavy atom. The van der Waals surface area contributed by atoms with Crippen LogP contribution < -0.4 is 10.5 Å². The molecule has 0 aliphatic heterocycles. The molecule has 100 valence electrons. The summed E-state index contributed by atoms with van der Waals surface area (Å²) in [6, 6.07) is 7.11. The van der Waals surface area contributed by atoms with Crippen molar-refractivity contribution < 1.29 is 9.53 Å². The molecule has 3 nitrogen and oxygen atoms in total. The Balaban J connectivity index is 2.46. The smallest absolute Gasteiger partial charge is 0.206 e. The molecule has 2 rings (SSSR count). The van der Waals surface area contributed by atoms with Crippen molar-refractivity contribution >= 4 is 38.7 Å². The van der Waals surface area contributed by atoms with Crippen LogP contribution in [0, 0.1) is 6.92 Å². The van der Waals surface area contributed by atoms with Gasteiger partial charge in [0.25, 0.3) is 0 Å². The fraction of sp³-hybridized carbons (Fsp3) is 0.214. The zero-order chi connectivity index (χ0) is 14.0. The van der Waals surface area contributed by atoms with Crippen LogP contribution in [-0.4, -0.2) is 12.4 Å². The molecular formula is C14H14BrNO2S. The number of hydrogen-bond acceptors (Lipinski definition) is 4. The normalized spacial score (nSPS) is 10.5. The molecule has 0 atom stereocenters. The Kier molecular flexibility index (Phi) is 4.27. The van der Waals surface area contributed by atoms with Gasteiger partial charge in [0.15, 0.2) is 5.75 Å². The van der Waals surface area contributed by atoms with Crippen LogP contribution in [-0.2, 0) is 0 Å². The van der Waals surface area contributed by atoms with E-state index in [1.165, 1.54) is 11.3 Å². The second kappa shape index (κ2) is 5.75. The van der Waals surface area contributed by atoms with Gasteiger partial charge in [-0.05, 0) is 53.5 Å². The summed E-state index contributed by atoms with van der Waals surface area (Å²) in [5, 5.41) is 0. The number of thiophene rings is 1. The minimum atomic E-state index is -0.0606. The summed E-state index contributed by atoms with van der Waals surface area (Å²) in [7, 11) is 0. The van der Waals surface area contributed by atoms with E-state index in [9.17, 15) is 4.79 Å². The summed E-state index contributed by atoms with van der Waals surface area (Å²) in [5.74, 6) is 0.409. The molecule has 0 amide bonds. The summed E-state index contributed by atoms with van der Waals surface area (Å²) in [6.45, 7) is 4.30. The van der Waals surface area contributed by atoms with Gasteiger partial charge in [0.05, 0.1) is 26.5 Å². The number of rotatable bonds is 4. The third kappa shape index (κ3) is 2.82. The van der Waals surface area contributed by atoms with Gasteiger partial charge in [-0.2, -0.15) is 0 Å². The Morgan fingerprint density at radius 3 is 2.79 bits per heavy atom. The fourth-order valence-electron chi connectivity index (χ4n) is 1.74. The van der Waals surface area contributed by atoms with Crippen LogP contribution in [0.25, 0.3) is 0 Å². The number of para-hydroxylation sites is 1. The lowest BCUT2D eigenvalue weighted by Crippen LogP contribution is -2.06. The monoisotopic (exact) mass is 339 g/mol. The Morgan fingerprint density at radius 1 is 1.47 bits per heavy atom. The number of benzene rings is 1. The quantitative estimate of drug-likeness (QED) is 0.675. The van der Waals surface area contributed by atoms with Gasteiger partial charge < -0.3 is 10.5 Å². The summed E-state index contributed by atoms with van der Waals surface area (Å²) in [4.78, 5) is 13.2. The average Bonchev–Trinajstić information content (AvgIpc) is 2.71. The van der Waals surface area contributed by atoms with Crippen LogP contribution in [0.15, 0.2) is 28.1 Å². The van der Waals surface area contributed by atoms with Gasteiger partial charge in [-0.3, -0.25) is 4.79 Å². The molecule has 19 heavy (non-hydrogen) atoms. The van der Waals surface area contributed by atoms with Gasteiger partial charge in [0.2, 0.25) is 5.78 Å². The van der Waals surface area contributed by atoms with Crippen molar-refractivity contribution in [3.8, 4) is 5.75 Å². The molecule has 0 fully saturated rings. The molecule has 2 aromatic rings. The molecule has 2 N–H and O–H groups in total. The highest BCUT2D eigenvalue weighted by Gasteiger charge is 2.19. The molecule has 1 aromatic carbocycles. The highest BCUT2D eigenvalue weighted by Crippen LogP contribution is 2.33. The zero-order valence-electron chi connectivity index (χ0n) is 10.7. The molecule has 1 heterocycles. The lowest BCUT2D eigenvalue weighted by Gasteiger charge is -2.11. The predicted molar refractivity (Wildman–Crippen MR) is 82.2 cm³/mol. The number of carbonyl (C=O) groups excluding carboxylic acids is 1. The molecule has 0 saturated carbocycles. The van der Waals surface area contributed by atoms with Gasteiger partial charge in [0.1, 0.15) is 0 Å². The average molecular weight is 340 g/mol. The van der Waals surface area contributed by atoms with E-state index in [1.807, 2.05) is 19.9 Å². The second-order valence-electron chi connectivity index (χ2n) is 4.05. The van der Waals surface area contributed by atoms with Crippen molar-refractivity contribution in [1.82, 2.24) is 0 Å². The Bertz CT molecular complexity index is 602. The van der Waals surface area contributed by atoms with Gasteiger partial charge in [0, 0.05) is 0 Å². The number of ether oxygens (including phenoxy) is 1. The summed E-state index contributed by atoms with van der Waals surface area (Å²) in [6.07, 6.45) is 0. The molecule has 0 spiro atoms. The number of ketones is 1. The molecule has 0 bridgehead atoms. The fourth-order valence-corrected chi connectivity index (χ4v) is 3.23. The minimum absolute atomic E-state index is 0.0606. The van der Waals surface area contributed by atoms with Crippen LogP contribution in [0.2, 0.25) is 0 Å². The van der Waals surface area contributed by atoms with E-state index < -0.39 is 0 Å². The van der Waals surface area contributed by atoms with Crippen LogP contribution in [0.4, 0.5) is 5.69 Å². The molecule has 0 aliphatic carbocycles. The van der Waals surface area contributed by atoms with Crippen molar-refractivity contribution in [2.45, 2.75) is 13.8 Å². The SMILES string of the molecule is CCOc1c(N)cccc1C(=O)c1cc(C)c(Br)s1. The first kappa shape index (κ1) is 14.1. The number of aryl methyl sites for hydroxylation is 1. The topological polar surface area (TPSA) is 52.3 Å². The first-order valence-corrected chi connectivity index (χ1v) is 7.47. The highest BCUT2D eigenvalue weighted by molar-refractivity contribution is 9.11. The lowest BCUT2D eigenvalue weighted by molar-refractivity contribution is 0.103. The number of nitrogens with two attached hydrogens (primary N) is 1. The Hall–Kier alpha value is -1.33. The van der Waals surface area contributed by atoms with E-state index in [1.54, 1.807) is 18.2 Å². The number of halogens is 1. The van der Waals surface area contributed by atoms with Crippen molar-refractivity contribution in [2.24, 2.45) is 0 Å². The maximum absolute atomic E-state index is 12.5. The molecule has 0 aliphatic rings. The standard InChI is InChI=1S/C14H14BrNO2S/c1-3-18-13-9(5-4-6-10(13)16)12(17)11-7-8(2)14(15)19-11/h4-7H,3,16H2,1-2H3. The molecular weight excluding hydrogens is 326 g/mol. The van der Waals surface area contributed by atoms with Crippen LogP contribution in [0.5, 0.6) is 5.75 Å². The molecule has 0 radical (unpaired) electrons. The van der Waals surface area contributed by atoms with E-state index in [0.29, 0.717) is 28.5 Å². The zero-order valence-corrected chi connectivity index (χ0v) is 13.1. The van der Waals surface area contributed by atoms with Crippen LogP contribution in [0.1, 0.15) is 27.7 Å². The van der Waals surface area contributed by atoms with E-state index in [2.05, 4.69) is 15.9 Å². The van der Waals surface area contributed by atoms with Crippen molar-refractivity contribution in [2.75, 3.05) is 12.3 Å². The minimum Gasteiger partial charge on any atom is -0.491 e. The van der Waals surface area contributed by atoms with Crippen LogP contribution in [0.3, 0.4) is 0 Å². The number of hydrogen-bond donors (Lipinski definition) is 1. The third-order valence-corrected chi connectivity index (χ3v) is 4.80. The molecule has 1 aromatic heterocycles. The number of nitrogen functional groups attached to an aromatic ring is 1. The maximum Gasteiger partial charge on any atom is 0.206 e. The highest BCUT2D eigenvalue weighted by atomic mass is 79.9. The molecule has 0 unspecified atom stereocenters. The first-order chi connectivity index (χ1) is 9.04. The van der Waals surface area contributed by atoms with E-state index in [4.69, 9.17) is 10.5 Å². The number of carbonyl (C=O) groups is 1. The number of anilines is 1. The lowest BCUT2D eigenvalue weighted by atomic mass is 10.1. The van der Waals surface area contributed by atoms with Gasteiger partial charge >= 0.3 is 0 Å². The summed E-state index contributed by atoms with van der Waals surface area (Å²) in [5.41, 5.74) is 7.92. The summed E-state index contributed by atoms with van der Waals surface area (Å²) < 4.78 is 6.46. The van der Waals surface area contributed by atoms with Gasteiger partial charge in [-0.25, -0.2) is 0 Å². The van der Waals surface area contributed by atoms with E-state index in [0.717, 1.165) is 9.35 Å². The van der Waals surface area contributed by atoms with Crippen molar-refractivity contribution in [1.29, 1.82) is 0 Å². The maximum atomic E-state index is 12.5. The van der Waals surface area contributed by atoms with E-state index in [-0.39, 0.29) is 5.78 Å². The first-order valence-electron chi connectivity index (χ1n) is 5.86. The summed E-state index contributed by atoms with van der Waals surface area (Å²) >= 11 is 4.85. The largest absolute Gasteiger partial charge is 0.491 e.